The topological polar surface area (TPSA) is 89.3 Å². The molecule has 0 unspecified atom stereocenters. The zero-order valence-corrected chi connectivity index (χ0v) is 15.1. The molecule has 1 aliphatic carbocycles. The summed E-state index contributed by atoms with van der Waals surface area (Å²) in [5.74, 6) is -0.132. The number of aliphatic hydroxyl groups is 1. The van der Waals surface area contributed by atoms with Gasteiger partial charge in [0, 0.05) is 29.8 Å². The monoisotopic (exact) mass is 366 g/mol. The minimum Gasteiger partial charge on any atom is -0.386 e. The van der Waals surface area contributed by atoms with Gasteiger partial charge in [-0.25, -0.2) is 9.67 Å². The van der Waals surface area contributed by atoms with E-state index >= 15 is 0 Å². The smallest absolute Gasteiger partial charge is 0.251 e. The molecule has 3 aromatic rings. The number of pyridine rings is 1. The number of hydrogen-bond acceptors (Lipinski definition) is 5. The van der Waals surface area contributed by atoms with Crippen molar-refractivity contribution in [2.45, 2.75) is 31.5 Å². The van der Waals surface area contributed by atoms with Crippen molar-refractivity contribution in [3.63, 3.8) is 0 Å². The third kappa shape index (κ3) is 3.56. The zero-order valence-electron chi connectivity index (χ0n) is 15.1. The largest absolute Gasteiger partial charge is 0.386 e. The van der Waals surface area contributed by atoms with E-state index in [1.165, 1.54) is 6.42 Å². The number of aliphatic hydroxyl groups excluding tert-OH is 1. The molecule has 2 N–H and O–H groups in total. The minimum atomic E-state index is -0.697. The summed E-state index contributed by atoms with van der Waals surface area (Å²) in [7, 11) is 1.60. The van der Waals surface area contributed by atoms with E-state index in [-0.39, 0.29) is 18.6 Å². The molecule has 7 nitrogen and oxygen atoms in total. The second kappa shape index (κ2) is 7.46. The summed E-state index contributed by atoms with van der Waals surface area (Å²) in [5.41, 5.74) is 2.81. The van der Waals surface area contributed by atoms with Crippen molar-refractivity contribution < 1.29 is 14.6 Å². The fraction of sp³-hybridized carbons (Fsp3) is 0.350. The molecule has 1 aliphatic rings. The van der Waals surface area contributed by atoms with Gasteiger partial charge in [-0.2, -0.15) is 5.10 Å². The number of carbonyl (C=O) groups is 1. The van der Waals surface area contributed by atoms with Crippen LogP contribution < -0.4 is 5.32 Å². The Morgan fingerprint density at radius 2 is 2.11 bits per heavy atom. The predicted octanol–water partition coefficient (Wildman–Crippen LogP) is 2.38. The summed E-state index contributed by atoms with van der Waals surface area (Å²) in [4.78, 5) is 16.1. The molecule has 140 valence electrons. The molecular formula is C20H22N4O3. The van der Waals surface area contributed by atoms with E-state index in [1.54, 1.807) is 36.3 Å². The Balaban J connectivity index is 1.54. The maximum atomic E-state index is 11.7. The number of hydrogen-bond donors (Lipinski definition) is 2. The number of amides is 1. The van der Waals surface area contributed by atoms with Gasteiger partial charge in [0.1, 0.15) is 6.10 Å². The normalized spacial score (nSPS) is 15.5. The SMILES string of the molecule is CNC(=O)c1ccc(-n2ncc3cc([C@H](O)COC4CCC4)cnc32)cc1. The Kier molecular flexibility index (Phi) is 4.87. The van der Waals surface area contributed by atoms with Crippen molar-refractivity contribution in [2.24, 2.45) is 0 Å². The molecule has 0 radical (unpaired) electrons. The second-order valence-corrected chi connectivity index (χ2v) is 6.77. The van der Waals surface area contributed by atoms with Crippen molar-refractivity contribution in [3.05, 3.63) is 53.9 Å². The first-order valence-electron chi connectivity index (χ1n) is 9.11. The maximum Gasteiger partial charge on any atom is 0.251 e. The first-order valence-corrected chi connectivity index (χ1v) is 9.11. The van der Waals surface area contributed by atoms with E-state index in [4.69, 9.17) is 4.74 Å². The molecule has 1 amide bonds. The van der Waals surface area contributed by atoms with E-state index in [1.807, 2.05) is 18.2 Å². The lowest BCUT2D eigenvalue weighted by atomic mass is 9.96. The molecular weight excluding hydrogens is 344 g/mol. The number of ether oxygens (including phenoxy) is 1. The number of aromatic nitrogens is 3. The van der Waals surface area contributed by atoms with E-state index in [2.05, 4.69) is 15.4 Å². The number of fused-ring (bicyclic) bond motifs is 1. The van der Waals surface area contributed by atoms with Gasteiger partial charge in [-0.1, -0.05) is 0 Å². The number of nitrogens with zero attached hydrogens (tertiary/aromatic N) is 3. The predicted molar refractivity (Wildman–Crippen MR) is 101 cm³/mol. The van der Waals surface area contributed by atoms with Crippen LogP contribution in [-0.2, 0) is 4.74 Å². The average molecular weight is 366 g/mol. The van der Waals surface area contributed by atoms with Crippen LogP contribution in [0.1, 0.15) is 41.3 Å². The van der Waals surface area contributed by atoms with Crippen LogP contribution in [0.25, 0.3) is 16.7 Å². The van der Waals surface area contributed by atoms with E-state index in [0.29, 0.717) is 11.2 Å². The summed E-state index contributed by atoms with van der Waals surface area (Å²) in [6.07, 6.45) is 6.34. The second-order valence-electron chi connectivity index (χ2n) is 6.77. The van der Waals surface area contributed by atoms with Crippen LogP contribution in [0.4, 0.5) is 0 Å². The standard InChI is InChI=1S/C20H22N4O3/c1-21-20(26)13-5-7-16(8-6-13)24-19-15(11-23-24)9-14(10-22-19)18(25)12-27-17-3-2-4-17/h5-11,17-18,25H,2-4,12H2,1H3,(H,21,26)/t18-/m1/s1. The Hall–Kier alpha value is -2.77. The number of nitrogens with one attached hydrogen (secondary N) is 1. The molecule has 0 bridgehead atoms. The van der Waals surface area contributed by atoms with E-state index in [9.17, 15) is 9.90 Å². The first kappa shape index (κ1) is 17.6. The lowest BCUT2D eigenvalue weighted by Gasteiger charge is -2.26. The van der Waals surface area contributed by atoms with E-state index < -0.39 is 6.10 Å². The molecule has 0 spiro atoms. The summed E-state index contributed by atoms with van der Waals surface area (Å²) < 4.78 is 7.40. The summed E-state index contributed by atoms with van der Waals surface area (Å²) in [6.45, 7) is 0.285. The van der Waals surface area contributed by atoms with Gasteiger partial charge < -0.3 is 15.2 Å². The number of carbonyl (C=O) groups excluding carboxylic acids is 1. The van der Waals surface area contributed by atoms with Crippen LogP contribution in [0.2, 0.25) is 0 Å². The van der Waals surface area contributed by atoms with Crippen LogP contribution in [0.15, 0.2) is 42.7 Å². The molecule has 1 atom stereocenters. The minimum absolute atomic E-state index is 0.132. The Labute approximate surface area is 157 Å². The van der Waals surface area contributed by atoms with Gasteiger partial charge in [0.05, 0.1) is 24.6 Å². The fourth-order valence-electron chi connectivity index (χ4n) is 3.07. The first-order chi connectivity index (χ1) is 13.2. The highest BCUT2D eigenvalue weighted by Crippen LogP contribution is 2.25. The van der Waals surface area contributed by atoms with Crippen molar-refractivity contribution >= 4 is 16.9 Å². The average Bonchev–Trinajstić information content (AvgIpc) is 3.09. The molecule has 1 saturated carbocycles. The molecule has 27 heavy (non-hydrogen) atoms. The molecule has 4 rings (SSSR count). The fourth-order valence-corrected chi connectivity index (χ4v) is 3.07. The quantitative estimate of drug-likeness (QED) is 0.699. The van der Waals surface area contributed by atoms with Crippen molar-refractivity contribution in [1.29, 1.82) is 0 Å². The third-order valence-corrected chi connectivity index (χ3v) is 4.96. The van der Waals surface area contributed by atoms with E-state index in [0.717, 1.165) is 29.5 Å². The summed E-state index contributed by atoms with van der Waals surface area (Å²) >= 11 is 0. The number of benzene rings is 1. The lowest BCUT2D eigenvalue weighted by Crippen LogP contribution is -2.24. The van der Waals surface area contributed by atoms with Gasteiger partial charge in [0.2, 0.25) is 0 Å². The van der Waals surface area contributed by atoms with Gasteiger partial charge >= 0.3 is 0 Å². The van der Waals surface area contributed by atoms with Crippen LogP contribution in [0, 0.1) is 0 Å². The Morgan fingerprint density at radius 3 is 2.78 bits per heavy atom. The Bertz CT molecular complexity index is 948. The van der Waals surface area contributed by atoms with Crippen molar-refractivity contribution in [2.75, 3.05) is 13.7 Å². The third-order valence-electron chi connectivity index (χ3n) is 4.96. The van der Waals surface area contributed by atoms with Gasteiger partial charge in [-0.3, -0.25) is 4.79 Å². The summed E-state index contributed by atoms with van der Waals surface area (Å²) in [5, 5.41) is 18.2. The van der Waals surface area contributed by atoms with Gasteiger partial charge in [-0.05, 0) is 49.6 Å². The molecule has 2 heterocycles. The van der Waals surface area contributed by atoms with Gasteiger partial charge in [0.15, 0.2) is 5.65 Å². The van der Waals surface area contributed by atoms with Gasteiger partial charge in [-0.15, -0.1) is 0 Å². The van der Waals surface area contributed by atoms with Crippen LogP contribution in [-0.4, -0.2) is 45.5 Å². The number of rotatable bonds is 6. The maximum absolute atomic E-state index is 11.7. The van der Waals surface area contributed by atoms with Crippen LogP contribution >= 0.6 is 0 Å². The zero-order chi connectivity index (χ0) is 18.8. The molecule has 2 aromatic heterocycles. The summed E-state index contributed by atoms with van der Waals surface area (Å²) in [6, 6.07) is 9.04. The highest BCUT2D eigenvalue weighted by molar-refractivity contribution is 5.94. The van der Waals surface area contributed by atoms with Crippen molar-refractivity contribution in [1.82, 2.24) is 20.1 Å². The van der Waals surface area contributed by atoms with Gasteiger partial charge in [0.25, 0.3) is 5.91 Å². The van der Waals surface area contributed by atoms with Crippen molar-refractivity contribution in [3.8, 4) is 5.69 Å². The highest BCUT2D eigenvalue weighted by atomic mass is 16.5. The lowest BCUT2D eigenvalue weighted by molar-refractivity contribution is -0.0427. The molecule has 0 saturated heterocycles. The molecule has 1 fully saturated rings. The van der Waals surface area contributed by atoms with Crippen LogP contribution in [0.3, 0.4) is 0 Å². The van der Waals surface area contributed by atoms with Crippen LogP contribution in [0.5, 0.6) is 0 Å². The Morgan fingerprint density at radius 1 is 1.33 bits per heavy atom. The highest BCUT2D eigenvalue weighted by Gasteiger charge is 2.20. The molecule has 7 heteroatoms. The molecule has 0 aliphatic heterocycles. The molecule has 1 aromatic carbocycles.